The van der Waals surface area contributed by atoms with Gasteiger partial charge in [0, 0.05) is 5.39 Å². The molecule has 1 aromatic carbocycles. The van der Waals surface area contributed by atoms with E-state index in [2.05, 4.69) is 15.5 Å². The largest absolute Gasteiger partial charge is 0.389 e. The van der Waals surface area contributed by atoms with Crippen LogP contribution in [0.4, 0.5) is 5.69 Å². The fourth-order valence-corrected chi connectivity index (χ4v) is 2.78. The third-order valence-corrected chi connectivity index (χ3v) is 3.77. The number of aromatic nitrogens is 2. The van der Waals surface area contributed by atoms with Crippen LogP contribution in [0.3, 0.4) is 0 Å². The first kappa shape index (κ1) is 12.2. The summed E-state index contributed by atoms with van der Waals surface area (Å²) in [6.07, 6.45) is 5.32. The van der Waals surface area contributed by atoms with Gasteiger partial charge in [0.2, 0.25) is 5.91 Å². The average Bonchev–Trinajstić information content (AvgIpc) is 2.98. The molecule has 0 radical (unpaired) electrons. The van der Waals surface area contributed by atoms with Crippen LogP contribution in [0.1, 0.15) is 32.1 Å². The number of aromatic amines is 1. The molecule has 1 aliphatic carbocycles. The molecule has 0 bridgehead atoms. The van der Waals surface area contributed by atoms with Crippen molar-refractivity contribution in [2.24, 2.45) is 0 Å². The first-order valence-electron chi connectivity index (χ1n) is 6.61. The van der Waals surface area contributed by atoms with Gasteiger partial charge in [-0.05, 0) is 18.9 Å². The number of aliphatic hydroxyl groups is 1. The van der Waals surface area contributed by atoms with E-state index in [9.17, 15) is 9.90 Å². The summed E-state index contributed by atoms with van der Waals surface area (Å²) in [6, 6.07) is 5.63. The second kappa shape index (κ2) is 4.66. The van der Waals surface area contributed by atoms with E-state index >= 15 is 0 Å². The smallest absolute Gasteiger partial charge is 0.227 e. The maximum atomic E-state index is 12.0. The molecule has 0 atom stereocenters. The molecule has 0 aliphatic heterocycles. The van der Waals surface area contributed by atoms with Crippen LogP contribution < -0.4 is 5.32 Å². The second-order valence-electron chi connectivity index (χ2n) is 5.30. The number of carbonyl (C=O) groups excluding carboxylic acids is 1. The van der Waals surface area contributed by atoms with Crippen LogP contribution in [0, 0.1) is 0 Å². The molecule has 1 saturated carbocycles. The van der Waals surface area contributed by atoms with E-state index in [0.29, 0.717) is 18.5 Å². The molecule has 0 unspecified atom stereocenters. The van der Waals surface area contributed by atoms with Crippen molar-refractivity contribution in [2.75, 3.05) is 5.32 Å². The van der Waals surface area contributed by atoms with Crippen molar-refractivity contribution in [3.63, 3.8) is 0 Å². The van der Waals surface area contributed by atoms with Crippen LogP contribution in [-0.4, -0.2) is 26.8 Å². The van der Waals surface area contributed by atoms with Crippen molar-refractivity contribution in [3.8, 4) is 0 Å². The van der Waals surface area contributed by atoms with E-state index in [0.717, 1.165) is 23.7 Å². The molecule has 1 amide bonds. The highest BCUT2D eigenvalue weighted by Crippen LogP contribution is 2.32. The third kappa shape index (κ3) is 2.46. The minimum Gasteiger partial charge on any atom is -0.389 e. The first-order chi connectivity index (χ1) is 9.16. The number of hydrogen-bond donors (Lipinski definition) is 3. The molecule has 1 aliphatic rings. The Morgan fingerprint density at radius 3 is 3.00 bits per heavy atom. The molecule has 3 rings (SSSR count). The van der Waals surface area contributed by atoms with Gasteiger partial charge in [-0.1, -0.05) is 25.0 Å². The van der Waals surface area contributed by atoms with Gasteiger partial charge in [-0.3, -0.25) is 9.89 Å². The number of rotatable bonds is 3. The zero-order valence-electron chi connectivity index (χ0n) is 10.6. The summed E-state index contributed by atoms with van der Waals surface area (Å²) >= 11 is 0. The van der Waals surface area contributed by atoms with Gasteiger partial charge in [-0.15, -0.1) is 0 Å². The number of fused-ring (bicyclic) bond motifs is 1. The summed E-state index contributed by atoms with van der Waals surface area (Å²) in [6.45, 7) is 0. The lowest BCUT2D eigenvalue weighted by molar-refractivity contribution is -0.120. The summed E-state index contributed by atoms with van der Waals surface area (Å²) in [5.74, 6) is -0.147. The van der Waals surface area contributed by atoms with Gasteiger partial charge in [0.1, 0.15) is 0 Å². The van der Waals surface area contributed by atoms with Crippen LogP contribution >= 0.6 is 0 Å². The van der Waals surface area contributed by atoms with Gasteiger partial charge in [0.25, 0.3) is 0 Å². The van der Waals surface area contributed by atoms with Crippen LogP contribution in [-0.2, 0) is 4.79 Å². The van der Waals surface area contributed by atoms with Gasteiger partial charge in [0.15, 0.2) is 0 Å². The Morgan fingerprint density at radius 1 is 1.42 bits per heavy atom. The summed E-state index contributed by atoms with van der Waals surface area (Å²) in [4.78, 5) is 12.0. The molecule has 5 nitrogen and oxygen atoms in total. The SMILES string of the molecule is O=C(CC1(O)CCCC1)Nc1cccc2cn[nH]c12. The molecule has 1 aromatic heterocycles. The fourth-order valence-electron chi connectivity index (χ4n) is 2.78. The topological polar surface area (TPSA) is 78.0 Å². The molecule has 2 aromatic rings. The van der Waals surface area contributed by atoms with E-state index in [1.165, 1.54) is 0 Å². The second-order valence-corrected chi connectivity index (χ2v) is 5.30. The minimum atomic E-state index is -0.814. The van der Waals surface area contributed by atoms with Crippen molar-refractivity contribution in [2.45, 2.75) is 37.7 Å². The Hall–Kier alpha value is -1.88. The van der Waals surface area contributed by atoms with Gasteiger partial charge >= 0.3 is 0 Å². The number of H-pyrrole nitrogens is 1. The minimum absolute atomic E-state index is 0.147. The van der Waals surface area contributed by atoms with E-state index in [1.807, 2.05) is 18.2 Å². The van der Waals surface area contributed by atoms with Crippen LogP contribution in [0.15, 0.2) is 24.4 Å². The average molecular weight is 259 g/mol. The van der Waals surface area contributed by atoms with E-state index in [1.54, 1.807) is 6.20 Å². The molecule has 5 heteroatoms. The maximum absolute atomic E-state index is 12.0. The Balaban J connectivity index is 1.74. The molecule has 100 valence electrons. The lowest BCUT2D eigenvalue weighted by Gasteiger charge is -2.21. The first-order valence-corrected chi connectivity index (χ1v) is 6.61. The van der Waals surface area contributed by atoms with E-state index in [4.69, 9.17) is 0 Å². The van der Waals surface area contributed by atoms with Crippen LogP contribution in [0.2, 0.25) is 0 Å². The van der Waals surface area contributed by atoms with E-state index < -0.39 is 5.60 Å². The lowest BCUT2D eigenvalue weighted by atomic mass is 9.97. The molecule has 3 N–H and O–H groups in total. The monoisotopic (exact) mass is 259 g/mol. The third-order valence-electron chi connectivity index (χ3n) is 3.77. The molecular formula is C14H17N3O2. The summed E-state index contributed by atoms with van der Waals surface area (Å²) in [7, 11) is 0. The standard InChI is InChI=1S/C14H17N3O2/c18-12(8-14(19)6-1-2-7-14)16-11-5-3-4-10-9-15-17-13(10)11/h3-5,9,19H,1-2,6-8H2,(H,15,17)(H,16,18). The number of benzene rings is 1. The Labute approximate surface area is 111 Å². The Kier molecular flexibility index (Phi) is 2.98. The highest BCUT2D eigenvalue weighted by Gasteiger charge is 2.33. The highest BCUT2D eigenvalue weighted by atomic mass is 16.3. The van der Waals surface area contributed by atoms with Gasteiger partial charge < -0.3 is 10.4 Å². The fraction of sp³-hybridized carbons (Fsp3) is 0.429. The molecular weight excluding hydrogens is 242 g/mol. The zero-order valence-corrected chi connectivity index (χ0v) is 10.6. The van der Waals surface area contributed by atoms with Crippen molar-refractivity contribution in [3.05, 3.63) is 24.4 Å². The van der Waals surface area contributed by atoms with Crippen molar-refractivity contribution in [1.29, 1.82) is 0 Å². The van der Waals surface area contributed by atoms with Gasteiger partial charge in [-0.25, -0.2) is 0 Å². The molecule has 1 heterocycles. The Bertz CT molecular complexity index is 600. The highest BCUT2D eigenvalue weighted by molar-refractivity contribution is 6.00. The van der Waals surface area contributed by atoms with Gasteiger partial charge in [0.05, 0.1) is 29.4 Å². The lowest BCUT2D eigenvalue weighted by Crippen LogP contribution is -2.30. The molecule has 0 spiro atoms. The van der Waals surface area contributed by atoms with Crippen LogP contribution in [0.25, 0.3) is 10.9 Å². The molecule has 0 saturated heterocycles. The Morgan fingerprint density at radius 2 is 2.21 bits per heavy atom. The van der Waals surface area contributed by atoms with Crippen LogP contribution in [0.5, 0.6) is 0 Å². The number of nitrogens with zero attached hydrogens (tertiary/aromatic N) is 1. The number of nitrogens with one attached hydrogen (secondary N) is 2. The zero-order chi connectivity index (χ0) is 13.3. The number of para-hydroxylation sites is 1. The number of hydrogen-bond acceptors (Lipinski definition) is 3. The number of carbonyl (C=O) groups is 1. The molecule has 19 heavy (non-hydrogen) atoms. The van der Waals surface area contributed by atoms with Crippen molar-refractivity contribution in [1.82, 2.24) is 10.2 Å². The quantitative estimate of drug-likeness (QED) is 0.790. The molecule has 1 fully saturated rings. The normalized spacial score (nSPS) is 17.7. The number of anilines is 1. The summed E-state index contributed by atoms with van der Waals surface area (Å²) < 4.78 is 0. The van der Waals surface area contributed by atoms with E-state index in [-0.39, 0.29) is 12.3 Å². The maximum Gasteiger partial charge on any atom is 0.227 e. The summed E-state index contributed by atoms with van der Waals surface area (Å²) in [5.41, 5.74) is 0.710. The van der Waals surface area contributed by atoms with Crippen molar-refractivity contribution >= 4 is 22.5 Å². The van der Waals surface area contributed by atoms with Crippen molar-refractivity contribution < 1.29 is 9.90 Å². The predicted molar refractivity (Wildman–Crippen MR) is 72.8 cm³/mol. The number of amides is 1. The van der Waals surface area contributed by atoms with Gasteiger partial charge in [-0.2, -0.15) is 5.10 Å². The predicted octanol–water partition coefficient (Wildman–Crippen LogP) is 2.20. The summed E-state index contributed by atoms with van der Waals surface area (Å²) in [5, 5.41) is 20.9.